The highest BCUT2D eigenvalue weighted by molar-refractivity contribution is 5.44. The standard InChI is InChI=1S/C36H32O5/c1-34(26-22-24-31(37)25-23-26)40-32(35(38,27-14-6-2-7-15-27)28-16-8-3-9-17-28)33(41-34)36(39,29-18-10-4-11-19-29)30-20-12-5-13-21-30/h2-25,32-33,37-39H,1H3/t32-,33-/m1/s1. The molecule has 0 unspecified atom stereocenters. The van der Waals surface area contributed by atoms with Crippen molar-refractivity contribution < 1.29 is 24.8 Å². The second-order valence-electron chi connectivity index (χ2n) is 10.6. The van der Waals surface area contributed by atoms with E-state index in [0.717, 1.165) is 0 Å². The Balaban J connectivity index is 1.62. The molecule has 1 saturated heterocycles. The zero-order valence-corrected chi connectivity index (χ0v) is 22.7. The van der Waals surface area contributed by atoms with Crippen molar-refractivity contribution in [2.75, 3.05) is 0 Å². The van der Waals surface area contributed by atoms with Crippen LogP contribution in [0, 0.1) is 0 Å². The largest absolute Gasteiger partial charge is 0.508 e. The summed E-state index contributed by atoms with van der Waals surface area (Å²) in [6, 6.07) is 43.9. The average Bonchev–Trinajstić information content (AvgIpc) is 3.41. The molecule has 1 aliphatic rings. The summed E-state index contributed by atoms with van der Waals surface area (Å²) in [5.74, 6) is -1.27. The van der Waals surface area contributed by atoms with E-state index in [1.807, 2.05) is 121 Å². The molecule has 41 heavy (non-hydrogen) atoms. The number of phenols is 1. The van der Waals surface area contributed by atoms with Crippen LogP contribution in [-0.2, 0) is 26.5 Å². The number of hydrogen-bond acceptors (Lipinski definition) is 5. The van der Waals surface area contributed by atoms with E-state index in [-0.39, 0.29) is 5.75 Å². The summed E-state index contributed by atoms with van der Waals surface area (Å²) in [7, 11) is 0. The predicted octanol–water partition coefficient (Wildman–Crippen LogP) is 6.22. The Morgan fingerprint density at radius 3 is 1.07 bits per heavy atom. The Labute approximate surface area is 239 Å². The monoisotopic (exact) mass is 544 g/mol. The summed E-state index contributed by atoms with van der Waals surface area (Å²) in [5, 5.41) is 35.9. The quantitative estimate of drug-likeness (QED) is 0.227. The van der Waals surface area contributed by atoms with E-state index in [2.05, 4.69) is 0 Å². The Morgan fingerprint density at radius 2 is 0.780 bits per heavy atom. The van der Waals surface area contributed by atoms with Crippen molar-refractivity contribution in [2.45, 2.75) is 36.1 Å². The minimum absolute atomic E-state index is 0.110. The molecule has 0 aliphatic carbocycles. The van der Waals surface area contributed by atoms with E-state index in [0.29, 0.717) is 27.8 Å². The van der Waals surface area contributed by atoms with Gasteiger partial charge in [-0.1, -0.05) is 121 Å². The molecule has 0 spiro atoms. The van der Waals surface area contributed by atoms with Gasteiger partial charge < -0.3 is 24.8 Å². The fraction of sp³-hybridized carbons (Fsp3) is 0.167. The van der Waals surface area contributed by atoms with Crippen molar-refractivity contribution in [2.24, 2.45) is 0 Å². The van der Waals surface area contributed by atoms with Crippen LogP contribution in [0.4, 0.5) is 0 Å². The van der Waals surface area contributed by atoms with Gasteiger partial charge in [0.2, 0.25) is 0 Å². The van der Waals surface area contributed by atoms with E-state index >= 15 is 0 Å². The van der Waals surface area contributed by atoms with Crippen molar-refractivity contribution in [3.05, 3.63) is 173 Å². The Morgan fingerprint density at radius 1 is 0.488 bits per heavy atom. The lowest BCUT2D eigenvalue weighted by Crippen LogP contribution is -2.54. The van der Waals surface area contributed by atoms with Gasteiger partial charge in [0.1, 0.15) is 29.2 Å². The molecule has 0 amide bonds. The van der Waals surface area contributed by atoms with Crippen molar-refractivity contribution in [3.8, 4) is 5.75 Å². The topological polar surface area (TPSA) is 79.2 Å². The van der Waals surface area contributed by atoms with E-state index in [1.54, 1.807) is 31.2 Å². The predicted molar refractivity (Wildman–Crippen MR) is 157 cm³/mol. The minimum Gasteiger partial charge on any atom is -0.508 e. The first-order chi connectivity index (χ1) is 19.9. The van der Waals surface area contributed by atoms with Gasteiger partial charge in [-0.05, 0) is 53.4 Å². The molecule has 5 nitrogen and oxygen atoms in total. The lowest BCUT2D eigenvalue weighted by atomic mass is 9.72. The number of rotatable bonds is 7. The number of aliphatic hydroxyl groups is 2. The van der Waals surface area contributed by atoms with Gasteiger partial charge >= 0.3 is 0 Å². The third-order valence-electron chi connectivity index (χ3n) is 8.05. The van der Waals surface area contributed by atoms with Crippen LogP contribution in [0.5, 0.6) is 5.75 Å². The zero-order valence-electron chi connectivity index (χ0n) is 22.7. The average molecular weight is 545 g/mol. The maximum absolute atomic E-state index is 12.9. The Kier molecular flexibility index (Phi) is 6.98. The normalized spacial score (nSPS) is 18.7. The van der Waals surface area contributed by atoms with Crippen molar-refractivity contribution >= 4 is 0 Å². The van der Waals surface area contributed by atoms with Gasteiger partial charge in [-0.15, -0.1) is 0 Å². The van der Waals surface area contributed by atoms with E-state index in [4.69, 9.17) is 9.47 Å². The second-order valence-corrected chi connectivity index (χ2v) is 10.6. The molecule has 0 radical (unpaired) electrons. The maximum Gasteiger partial charge on any atom is 0.193 e. The molecule has 0 saturated carbocycles. The molecule has 3 N–H and O–H groups in total. The highest BCUT2D eigenvalue weighted by Crippen LogP contribution is 2.52. The molecular weight excluding hydrogens is 512 g/mol. The first-order valence-electron chi connectivity index (χ1n) is 13.7. The van der Waals surface area contributed by atoms with E-state index in [9.17, 15) is 15.3 Å². The van der Waals surface area contributed by atoms with Gasteiger partial charge in [-0.25, -0.2) is 0 Å². The van der Waals surface area contributed by atoms with Gasteiger partial charge in [0, 0.05) is 5.56 Å². The zero-order chi connectivity index (χ0) is 28.5. The molecule has 0 aromatic heterocycles. The number of phenolic OH excluding ortho intramolecular Hbond substituents is 1. The summed E-state index contributed by atoms with van der Waals surface area (Å²) in [4.78, 5) is 0. The van der Waals surface area contributed by atoms with Crippen LogP contribution in [-0.4, -0.2) is 27.5 Å². The lowest BCUT2D eigenvalue weighted by Gasteiger charge is -2.42. The third-order valence-corrected chi connectivity index (χ3v) is 8.05. The van der Waals surface area contributed by atoms with Crippen LogP contribution in [0.15, 0.2) is 146 Å². The van der Waals surface area contributed by atoms with E-state index in [1.165, 1.54) is 0 Å². The second kappa shape index (κ2) is 10.6. The van der Waals surface area contributed by atoms with Crippen LogP contribution in [0.1, 0.15) is 34.7 Å². The van der Waals surface area contributed by atoms with Gasteiger partial charge in [0.25, 0.3) is 0 Å². The Bertz CT molecular complexity index is 1400. The minimum atomic E-state index is -1.72. The molecule has 206 valence electrons. The molecule has 5 aromatic carbocycles. The SMILES string of the molecule is CC1(c2ccc(O)cc2)O[C@@H](C(O)(c2ccccc2)c2ccccc2)[C@H](C(O)(c2ccccc2)c2ccccc2)O1. The summed E-state index contributed by atoms with van der Waals surface area (Å²) in [6.07, 6.45) is -2.17. The lowest BCUT2D eigenvalue weighted by molar-refractivity contribution is -0.193. The molecule has 0 bridgehead atoms. The summed E-state index contributed by atoms with van der Waals surface area (Å²) in [6.45, 7) is 1.78. The number of ether oxygens (including phenoxy) is 2. The first kappa shape index (κ1) is 26.9. The molecule has 5 heteroatoms. The fourth-order valence-corrected chi connectivity index (χ4v) is 5.90. The molecule has 2 atom stereocenters. The number of benzene rings is 5. The summed E-state index contributed by atoms with van der Waals surface area (Å²) in [5.41, 5.74) is -0.411. The molecule has 5 aromatic rings. The van der Waals surface area contributed by atoms with Crippen molar-refractivity contribution in [1.29, 1.82) is 0 Å². The van der Waals surface area contributed by atoms with Gasteiger partial charge in [0.05, 0.1) is 0 Å². The van der Waals surface area contributed by atoms with Gasteiger partial charge in [-0.2, -0.15) is 0 Å². The highest BCUT2D eigenvalue weighted by Gasteiger charge is 2.62. The summed E-state index contributed by atoms with van der Waals surface area (Å²) >= 11 is 0. The highest BCUT2D eigenvalue weighted by atomic mass is 16.8. The number of aromatic hydroxyl groups is 1. The Hall–Kier alpha value is -4.26. The van der Waals surface area contributed by atoms with Crippen LogP contribution in [0.2, 0.25) is 0 Å². The smallest absolute Gasteiger partial charge is 0.193 e. The number of hydrogen-bond donors (Lipinski definition) is 3. The third kappa shape index (κ3) is 4.63. The maximum atomic E-state index is 12.9. The first-order valence-corrected chi connectivity index (χ1v) is 13.7. The van der Waals surface area contributed by atoms with E-state index < -0.39 is 29.2 Å². The molecular formula is C36H32O5. The molecule has 1 fully saturated rings. The summed E-state index contributed by atoms with van der Waals surface area (Å²) < 4.78 is 13.7. The van der Waals surface area contributed by atoms with Crippen LogP contribution in [0.3, 0.4) is 0 Å². The molecule has 1 aliphatic heterocycles. The molecule has 6 rings (SSSR count). The van der Waals surface area contributed by atoms with Crippen LogP contribution in [0.25, 0.3) is 0 Å². The van der Waals surface area contributed by atoms with Crippen LogP contribution >= 0.6 is 0 Å². The molecule has 1 heterocycles. The van der Waals surface area contributed by atoms with Crippen molar-refractivity contribution in [1.82, 2.24) is 0 Å². The van der Waals surface area contributed by atoms with Gasteiger partial charge in [0.15, 0.2) is 5.79 Å². The van der Waals surface area contributed by atoms with Crippen molar-refractivity contribution in [3.63, 3.8) is 0 Å². The fourth-order valence-electron chi connectivity index (χ4n) is 5.90. The van der Waals surface area contributed by atoms with Crippen LogP contribution < -0.4 is 0 Å². The van der Waals surface area contributed by atoms with Gasteiger partial charge in [-0.3, -0.25) is 0 Å².